The van der Waals surface area contributed by atoms with E-state index in [4.69, 9.17) is 11.6 Å². The van der Waals surface area contributed by atoms with Crippen LogP contribution in [-0.2, 0) is 16.6 Å². The molecule has 7 nitrogen and oxygen atoms in total. The van der Waals surface area contributed by atoms with Crippen LogP contribution < -0.4 is 5.32 Å². The normalized spacial score (nSPS) is 12.9. The summed E-state index contributed by atoms with van der Waals surface area (Å²) < 4.78 is 26.5. The van der Waals surface area contributed by atoms with Crippen molar-refractivity contribution in [1.29, 1.82) is 0 Å². The van der Waals surface area contributed by atoms with Gasteiger partial charge in [-0.05, 0) is 36.2 Å². The Labute approximate surface area is 170 Å². The first-order valence-corrected chi connectivity index (χ1v) is 10.8. The summed E-state index contributed by atoms with van der Waals surface area (Å²) in [5.41, 5.74) is 1.53. The third kappa shape index (κ3) is 5.08. The molecular formula is C19H24ClN3O4S. The average molecular weight is 426 g/mol. The van der Waals surface area contributed by atoms with Crippen LogP contribution in [0.3, 0.4) is 0 Å². The molecule has 9 heteroatoms. The Morgan fingerprint density at radius 1 is 1.14 bits per heavy atom. The van der Waals surface area contributed by atoms with Gasteiger partial charge in [-0.15, -0.1) is 0 Å². The molecule has 28 heavy (non-hydrogen) atoms. The van der Waals surface area contributed by atoms with E-state index in [9.17, 15) is 18.5 Å². The van der Waals surface area contributed by atoms with E-state index in [-0.39, 0.29) is 21.6 Å². The summed E-state index contributed by atoms with van der Waals surface area (Å²) >= 11 is 5.83. The van der Waals surface area contributed by atoms with E-state index < -0.39 is 14.9 Å². The quantitative estimate of drug-likeness (QED) is 0.481. The lowest BCUT2D eigenvalue weighted by molar-refractivity contribution is -0.384. The molecular weight excluding hydrogens is 402 g/mol. The Balaban J connectivity index is 2.09. The van der Waals surface area contributed by atoms with Crippen LogP contribution in [0.25, 0.3) is 0 Å². The number of rotatable bonds is 9. The maximum absolute atomic E-state index is 12.5. The molecule has 1 N–H and O–H groups in total. The van der Waals surface area contributed by atoms with E-state index in [0.717, 1.165) is 11.1 Å². The molecule has 1 atom stereocenters. The first kappa shape index (κ1) is 22.3. The van der Waals surface area contributed by atoms with Gasteiger partial charge in [0, 0.05) is 31.7 Å². The van der Waals surface area contributed by atoms with Crippen LogP contribution in [0.1, 0.15) is 37.9 Å². The predicted octanol–water partition coefficient (Wildman–Crippen LogP) is 4.13. The first-order chi connectivity index (χ1) is 13.2. The fraction of sp³-hybridized carbons (Fsp3) is 0.368. The number of nitro groups is 1. The largest absolute Gasteiger partial charge is 0.306 e. The molecule has 0 radical (unpaired) electrons. The van der Waals surface area contributed by atoms with Gasteiger partial charge in [-0.1, -0.05) is 43.6 Å². The number of halogens is 1. The fourth-order valence-corrected chi connectivity index (χ4v) is 4.48. The monoisotopic (exact) mass is 425 g/mol. The average Bonchev–Trinajstić information content (AvgIpc) is 2.67. The minimum Gasteiger partial charge on any atom is -0.306 e. The van der Waals surface area contributed by atoms with Crippen LogP contribution in [0.4, 0.5) is 5.69 Å². The summed E-state index contributed by atoms with van der Waals surface area (Å²) in [5.74, 6) is 0. The molecule has 0 aliphatic heterocycles. The second-order valence-corrected chi connectivity index (χ2v) is 8.65. The molecule has 2 aromatic rings. The maximum atomic E-state index is 12.5. The standard InChI is InChI=1S/C19H24ClN3O4S/c1-4-22(5-2)28(26,27)17-9-7-16(8-10-17)14(3)21-13-15-6-11-18(20)19(12-15)23(24)25/h6-12,14,21H,4-5,13H2,1-3H3. The minimum absolute atomic E-state index is 0.0695. The predicted molar refractivity (Wildman–Crippen MR) is 110 cm³/mol. The summed E-state index contributed by atoms with van der Waals surface area (Å²) in [7, 11) is -3.48. The molecule has 0 amide bonds. The van der Waals surface area contributed by atoms with Crippen molar-refractivity contribution in [1.82, 2.24) is 9.62 Å². The number of sulfonamides is 1. The van der Waals surface area contributed by atoms with Crippen molar-refractivity contribution >= 4 is 27.3 Å². The van der Waals surface area contributed by atoms with Crippen molar-refractivity contribution in [2.75, 3.05) is 13.1 Å². The molecule has 0 saturated heterocycles. The smallest absolute Gasteiger partial charge is 0.288 e. The van der Waals surface area contributed by atoms with E-state index in [1.54, 1.807) is 30.3 Å². The SMILES string of the molecule is CCN(CC)S(=O)(=O)c1ccc(C(C)NCc2ccc(Cl)c([N+](=O)[O-])c2)cc1. The summed E-state index contributed by atoms with van der Waals surface area (Å²) in [6, 6.07) is 11.4. The van der Waals surface area contributed by atoms with E-state index >= 15 is 0 Å². The van der Waals surface area contributed by atoms with E-state index in [1.807, 2.05) is 20.8 Å². The number of nitrogens with zero attached hydrogens (tertiary/aromatic N) is 2. The Morgan fingerprint density at radius 3 is 2.29 bits per heavy atom. The molecule has 0 aromatic heterocycles. The van der Waals surface area contributed by atoms with Crippen LogP contribution in [-0.4, -0.2) is 30.7 Å². The van der Waals surface area contributed by atoms with E-state index in [1.165, 1.54) is 16.4 Å². The topological polar surface area (TPSA) is 92.6 Å². The molecule has 0 saturated carbocycles. The highest BCUT2D eigenvalue weighted by atomic mass is 35.5. The van der Waals surface area contributed by atoms with Crippen molar-refractivity contribution in [3.63, 3.8) is 0 Å². The lowest BCUT2D eigenvalue weighted by atomic mass is 10.1. The van der Waals surface area contributed by atoms with Crippen LogP contribution in [0.2, 0.25) is 5.02 Å². The highest BCUT2D eigenvalue weighted by molar-refractivity contribution is 7.89. The Morgan fingerprint density at radius 2 is 1.75 bits per heavy atom. The van der Waals surface area contributed by atoms with Crippen LogP contribution in [0, 0.1) is 10.1 Å². The van der Waals surface area contributed by atoms with Crippen molar-refractivity contribution < 1.29 is 13.3 Å². The third-order valence-electron chi connectivity index (χ3n) is 4.54. The lowest BCUT2D eigenvalue weighted by Crippen LogP contribution is -2.30. The van der Waals surface area contributed by atoms with Crippen LogP contribution in [0.5, 0.6) is 0 Å². The summed E-state index contributed by atoms with van der Waals surface area (Å²) in [6.45, 7) is 6.82. The number of nitrogens with one attached hydrogen (secondary N) is 1. The zero-order valence-corrected chi connectivity index (χ0v) is 17.6. The molecule has 2 rings (SSSR count). The van der Waals surface area contributed by atoms with Gasteiger partial charge in [-0.3, -0.25) is 10.1 Å². The fourth-order valence-electron chi connectivity index (χ4n) is 2.84. The van der Waals surface area contributed by atoms with Gasteiger partial charge in [-0.2, -0.15) is 4.31 Å². The van der Waals surface area contributed by atoms with Gasteiger partial charge in [-0.25, -0.2) is 8.42 Å². The van der Waals surface area contributed by atoms with Gasteiger partial charge in [0.25, 0.3) is 5.69 Å². The highest BCUT2D eigenvalue weighted by Crippen LogP contribution is 2.25. The van der Waals surface area contributed by atoms with Crippen LogP contribution in [0.15, 0.2) is 47.4 Å². The van der Waals surface area contributed by atoms with Gasteiger partial charge in [0.15, 0.2) is 0 Å². The molecule has 0 aliphatic carbocycles. The molecule has 1 unspecified atom stereocenters. The molecule has 0 fully saturated rings. The second kappa shape index (κ2) is 9.47. The number of benzene rings is 2. The zero-order chi connectivity index (χ0) is 20.9. The molecule has 2 aromatic carbocycles. The summed E-state index contributed by atoms with van der Waals surface area (Å²) in [6.07, 6.45) is 0. The Bertz CT molecular complexity index is 929. The third-order valence-corrected chi connectivity index (χ3v) is 6.93. The minimum atomic E-state index is -3.48. The summed E-state index contributed by atoms with van der Waals surface area (Å²) in [5, 5.41) is 14.4. The van der Waals surface area contributed by atoms with Gasteiger partial charge in [0.2, 0.25) is 10.0 Å². The molecule has 0 heterocycles. The van der Waals surface area contributed by atoms with Crippen molar-refractivity contribution in [3.05, 3.63) is 68.7 Å². The van der Waals surface area contributed by atoms with Gasteiger partial charge >= 0.3 is 0 Å². The van der Waals surface area contributed by atoms with Gasteiger partial charge < -0.3 is 5.32 Å². The molecule has 0 spiro atoms. The van der Waals surface area contributed by atoms with E-state index in [2.05, 4.69) is 5.32 Å². The molecule has 0 aliphatic rings. The lowest BCUT2D eigenvalue weighted by Gasteiger charge is -2.19. The summed E-state index contributed by atoms with van der Waals surface area (Å²) in [4.78, 5) is 10.7. The van der Waals surface area contributed by atoms with Crippen molar-refractivity contribution in [2.24, 2.45) is 0 Å². The van der Waals surface area contributed by atoms with Gasteiger partial charge in [0.05, 0.1) is 9.82 Å². The molecule has 0 bridgehead atoms. The highest BCUT2D eigenvalue weighted by Gasteiger charge is 2.21. The number of nitro benzene ring substituents is 1. The Kier molecular flexibility index (Phi) is 7.54. The van der Waals surface area contributed by atoms with Crippen LogP contribution >= 0.6 is 11.6 Å². The maximum Gasteiger partial charge on any atom is 0.288 e. The van der Waals surface area contributed by atoms with Gasteiger partial charge in [0.1, 0.15) is 5.02 Å². The Hall–Kier alpha value is -2.00. The van der Waals surface area contributed by atoms with E-state index in [0.29, 0.717) is 19.6 Å². The van der Waals surface area contributed by atoms with Crippen molar-refractivity contribution in [2.45, 2.75) is 38.3 Å². The first-order valence-electron chi connectivity index (χ1n) is 8.97. The van der Waals surface area contributed by atoms with Crippen molar-refractivity contribution in [3.8, 4) is 0 Å². The number of hydrogen-bond donors (Lipinski definition) is 1. The number of hydrogen-bond acceptors (Lipinski definition) is 5. The zero-order valence-electron chi connectivity index (χ0n) is 16.1. The molecule has 152 valence electrons. The second-order valence-electron chi connectivity index (χ2n) is 6.30.